The van der Waals surface area contributed by atoms with Gasteiger partial charge in [-0.3, -0.25) is 14.4 Å². The molecule has 7 N–H and O–H groups in total. The van der Waals surface area contributed by atoms with E-state index in [9.17, 15) is 19.5 Å². The van der Waals surface area contributed by atoms with E-state index in [-0.39, 0.29) is 55.3 Å². The maximum atomic E-state index is 13.2. The molecule has 0 spiro atoms. The van der Waals surface area contributed by atoms with Crippen LogP contribution in [0, 0.1) is 5.41 Å². The lowest BCUT2D eigenvalue weighted by Gasteiger charge is -2.35. The highest BCUT2D eigenvalue weighted by molar-refractivity contribution is 5.98. The third-order valence-corrected chi connectivity index (χ3v) is 10.9. The van der Waals surface area contributed by atoms with Gasteiger partial charge in [-0.15, -0.1) is 0 Å². The summed E-state index contributed by atoms with van der Waals surface area (Å²) in [6.45, 7) is 10.9. The van der Waals surface area contributed by atoms with E-state index in [4.69, 9.17) is 29.7 Å². The maximum Gasteiger partial charge on any atom is 0.262 e. The summed E-state index contributed by atoms with van der Waals surface area (Å²) in [5.74, 6) is 0.468. The van der Waals surface area contributed by atoms with Crippen LogP contribution in [-0.2, 0) is 35.1 Å². The molecular formula is C42H61N9O8. The van der Waals surface area contributed by atoms with Gasteiger partial charge < -0.3 is 60.2 Å². The number of hydrogen-bond donors (Lipinski definition) is 6. The molecule has 0 bridgehead atoms. The molecule has 2 fully saturated rings. The molecule has 2 amide bonds. The lowest BCUT2D eigenvalue weighted by molar-refractivity contribution is -0.141. The number of nitrogens with two attached hydrogens (primary N) is 1. The molecule has 59 heavy (non-hydrogen) atoms. The van der Waals surface area contributed by atoms with Gasteiger partial charge in [0.15, 0.2) is 0 Å². The van der Waals surface area contributed by atoms with Crippen molar-refractivity contribution >= 4 is 50.9 Å². The van der Waals surface area contributed by atoms with Crippen molar-refractivity contribution in [1.29, 1.82) is 0 Å². The molecule has 1 aliphatic heterocycles. The van der Waals surface area contributed by atoms with Gasteiger partial charge in [0.05, 0.1) is 69.7 Å². The zero-order valence-electron chi connectivity index (χ0n) is 34.7. The van der Waals surface area contributed by atoms with E-state index in [1.807, 2.05) is 58.2 Å². The molecule has 0 radical (unpaired) electrons. The number of benzene rings is 1. The number of aliphatic hydroxyl groups excluding tert-OH is 1. The summed E-state index contributed by atoms with van der Waals surface area (Å²) >= 11 is 0. The first-order valence-electron chi connectivity index (χ1n) is 20.7. The van der Waals surface area contributed by atoms with Gasteiger partial charge in [0.2, 0.25) is 11.8 Å². The Morgan fingerprint density at radius 2 is 1.73 bits per heavy atom. The van der Waals surface area contributed by atoms with Crippen LogP contribution in [0.4, 0.5) is 17.3 Å². The van der Waals surface area contributed by atoms with Gasteiger partial charge in [0, 0.05) is 54.6 Å². The number of carbonyl (C=O) groups is 2. The molecule has 6 rings (SSSR count). The summed E-state index contributed by atoms with van der Waals surface area (Å²) in [6, 6.07) is 9.13. The Morgan fingerprint density at radius 1 is 1.02 bits per heavy atom. The van der Waals surface area contributed by atoms with Crippen LogP contribution in [0.5, 0.6) is 0 Å². The van der Waals surface area contributed by atoms with Crippen molar-refractivity contribution in [3.8, 4) is 0 Å². The molecule has 4 heterocycles. The number of nitrogens with one attached hydrogen (secondary N) is 4. The predicted molar refractivity (Wildman–Crippen MR) is 226 cm³/mol. The number of ether oxygens (including phenoxy) is 4. The number of aromatic nitrogens is 4. The first-order chi connectivity index (χ1) is 28.4. The summed E-state index contributed by atoms with van der Waals surface area (Å²) in [4.78, 5) is 52.3. The second kappa shape index (κ2) is 20.5. The van der Waals surface area contributed by atoms with Gasteiger partial charge in [-0.25, -0.2) is 9.97 Å². The van der Waals surface area contributed by atoms with Crippen molar-refractivity contribution in [2.24, 2.45) is 11.1 Å². The Morgan fingerprint density at radius 3 is 2.42 bits per heavy atom. The highest BCUT2D eigenvalue weighted by Crippen LogP contribution is 2.31. The highest BCUT2D eigenvalue weighted by atomic mass is 16.6. The van der Waals surface area contributed by atoms with Gasteiger partial charge in [-0.2, -0.15) is 0 Å². The zero-order valence-corrected chi connectivity index (χ0v) is 34.7. The molecule has 17 heteroatoms. The largest absolute Gasteiger partial charge is 0.391 e. The number of anilines is 3. The van der Waals surface area contributed by atoms with Crippen molar-refractivity contribution in [3.05, 3.63) is 53.2 Å². The van der Waals surface area contributed by atoms with E-state index in [1.165, 1.54) is 6.33 Å². The second-order valence-electron chi connectivity index (χ2n) is 16.5. The number of pyridine rings is 1. The lowest BCUT2D eigenvalue weighted by Crippen LogP contribution is -2.56. The van der Waals surface area contributed by atoms with Gasteiger partial charge in [0.25, 0.3) is 5.56 Å². The van der Waals surface area contributed by atoms with Crippen LogP contribution in [0.1, 0.15) is 59.8 Å². The van der Waals surface area contributed by atoms with Gasteiger partial charge in [0.1, 0.15) is 29.7 Å². The fourth-order valence-electron chi connectivity index (χ4n) is 7.75. The minimum absolute atomic E-state index is 0.0398. The molecule has 1 aromatic carbocycles. The van der Waals surface area contributed by atoms with E-state index >= 15 is 0 Å². The van der Waals surface area contributed by atoms with Gasteiger partial charge in [-0.05, 0) is 49.8 Å². The summed E-state index contributed by atoms with van der Waals surface area (Å²) in [5, 5.41) is 21.1. The number of aliphatic hydroxyl groups is 1. The molecule has 3 aromatic heterocycles. The molecule has 1 aliphatic carbocycles. The Balaban J connectivity index is 0.873. The average molecular weight is 820 g/mol. The molecule has 1 saturated heterocycles. The van der Waals surface area contributed by atoms with Crippen LogP contribution in [0.2, 0.25) is 0 Å². The number of nitrogens with zero attached hydrogens (tertiary/aromatic N) is 4. The minimum Gasteiger partial charge on any atom is -0.391 e. The molecule has 4 aromatic rings. The molecule has 1 saturated carbocycles. The number of aromatic amines is 1. The van der Waals surface area contributed by atoms with Crippen molar-refractivity contribution in [3.63, 3.8) is 0 Å². The Hall–Kier alpha value is -4.65. The molecule has 0 unspecified atom stereocenters. The first kappa shape index (κ1) is 43.9. The monoisotopic (exact) mass is 819 g/mol. The van der Waals surface area contributed by atoms with E-state index in [0.717, 1.165) is 42.3 Å². The number of carbonyl (C=O) groups excluding carboxylic acids is 2. The fraction of sp³-hybridized carbons (Fsp3) is 0.595. The summed E-state index contributed by atoms with van der Waals surface area (Å²) in [5.41, 5.74) is 7.98. The molecule has 2 aliphatic rings. The summed E-state index contributed by atoms with van der Waals surface area (Å²) < 4.78 is 24.6. The number of likely N-dealkylation sites (tertiary alicyclic amines) is 1. The van der Waals surface area contributed by atoms with Crippen LogP contribution in [-0.4, -0.2) is 131 Å². The van der Waals surface area contributed by atoms with E-state index in [2.05, 4.69) is 30.5 Å². The topological polar surface area (TPSA) is 220 Å². The zero-order chi connectivity index (χ0) is 41.9. The fourth-order valence-corrected chi connectivity index (χ4v) is 7.75. The number of hydrogen-bond acceptors (Lipinski definition) is 13. The smallest absolute Gasteiger partial charge is 0.262 e. The Bertz CT molecular complexity index is 2070. The quantitative estimate of drug-likeness (QED) is 0.0707. The third-order valence-electron chi connectivity index (χ3n) is 10.9. The summed E-state index contributed by atoms with van der Waals surface area (Å²) in [7, 11) is 0. The number of H-pyrrole nitrogens is 1. The Labute approximate surface area is 344 Å². The summed E-state index contributed by atoms with van der Waals surface area (Å²) in [6.07, 6.45) is 7.56. The second-order valence-corrected chi connectivity index (χ2v) is 16.5. The van der Waals surface area contributed by atoms with Crippen LogP contribution in [0.3, 0.4) is 0 Å². The molecule has 17 nitrogen and oxygen atoms in total. The first-order valence-corrected chi connectivity index (χ1v) is 20.7. The number of amides is 2. The maximum absolute atomic E-state index is 13.2. The van der Waals surface area contributed by atoms with Gasteiger partial charge in [-0.1, -0.05) is 39.7 Å². The number of β-amino-alcohol motifs (C(OH)–C–C–N with tert-alkyl or cyclic N) is 1. The van der Waals surface area contributed by atoms with Crippen LogP contribution in [0.25, 0.3) is 21.8 Å². The molecular weight excluding hydrogens is 759 g/mol. The Kier molecular flexibility index (Phi) is 15.3. The van der Waals surface area contributed by atoms with Crippen molar-refractivity contribution in [2.75, 3.05) is 70.0 Å². The van der Waals surface area contributed by atoms with E-state index in [0.29, 0.717) is 75.1 Å². The highest BCUT2D eigenvalue weighted by Gasteiger charge is 2.40. The predicted octanol–water partition coefficient (Wildman–Crippen LogP) is 3.28. The van der Waals surface area contributed by atoms with E-state index < -0.39 is 17.6 Å². The molecule has 5 atom stereocenters. The van der Waals surface area contributed by atoms with Crippen LogP contribution in [0.15, 0.2) is 47.7 Å². The number of fused-ring (bicyclic) bond motifs is 2. The lowest BCUT2D eigenvalue weighted by atomic mass is 9.85. The van der Waals surface area contributed by atoms with Crippen molar-refractivity contribution in [2.45, 2.75) is 96.6 Å². The average Bonchev–Trinajstić information content (AvgIpc) is 3.77. The van der Waals surface area contributed by atoms with Crippen molar-refractivity contribution < 1.29 is 33.6 Å². The molecule has 322 valence electrons. The number of rotatable bonds is 20. The minimum atomic E-state index is -0.731. The van der Waals surface area contributed by atoms with Crippen LogP contribution < -0.4 is 27.2 Å². The van der Waals surface area contributed by atoms with E-state index in [1.54, 1.807) is 11.0 Å². The normalized spacial score (nSPS) is 20.3. The van der Waals surface area contributed by atoms with Gasteiger partial charge >= 0.3 is 0 Å². The van der Waals surface area contributed by atoms with Crippen molar-refractivity contribution in [1.82, 2.24) is 29.7 Å². The standard InChI is InChI=1S/C42H61N9O8/c1-27-22-28(52)24-51(27)41(55)38(42(2,3)4)49-36(53)25-59-21-20-58-19-18-57-17-16-56-15-14-50-13-12-29-31(10-7-11-34(29)50)47-39-37-33(44-26-45-40(37)54)23-35(48-39)46-32-9-6-5-8-30(32)43/h7,10-13,23,26-28,30,32,38,52H,5-6,8-9,14-22,24-25,43H2,1-4H3,(H,49,53)(H,44,45,54)(H2,46,47,48)/t27-,28-,30+,32-,38-/m1/s1. The third kappa shape index (κ3) is 11.8. The van der Waals surface area contributed by atoms with Crippen LogP contribution >= 0.6 is 0 Å². The SMILES string of the molecule is C[C@@H]1C[C@@H](O)CN1C(=O)[C@@H](NC(=O)COCCOCCOCCOCCn1ccc2c(Nc3nc(N[C@@H]4CCCC[C@@H]4N)cc4nc[nH]c(=O)c34)cccc21)C(C)(C)C.